The van der Waals surface area contributed by atoms with Crippen molar-refractivity contribution in [1.82, 2.24) is 0 Å². The molecule has 4 heteroatoms. The molecule has 96 valence electrons. The molecule has 4 N–H and O–H groups in total. The molecule has 0 fully saturated rings. The van der Waals surface area contributed by atoms with E-state index in [1.54, 1.807) is 0 Å². The van der Waals surface area contributed by atoms with Gasteiger partial charge in [-0.1, -0.05) is 6.92 Å². The maximum Gasteiger partial charge on any atom is 0.123 e. The van der Waals surface area contributed by atoms with Gasteiger partial charge in [0.25, 0.3) is 0 Å². The van der Waals surface area contributed by atoms with Crippen LogP contribution < -0.4 is 15.8 Å². The maximum absolute atomic E-state index is 8.68. The van der Waals surface area contributed by atoms with Crippen molar-refractivity contribution in [3.63, 3.8) is 0 Å². The van der Waals surface area contributed by atoms with E-state index < -0.39 is 0 Å². The highest BCUT2D eigenvalue weighted by Gasteiger charge is 1.99. The number of hydrogen-bond acceptors (Lipinski definition) is 4. The molecule has 0 aromatic heterocycles. The summed E-state index contributed by atoms with van der Waals surface area (Å²) in [5.74, 6) is 0.802. The SMILES string of the molecule is CCCOc1cc(N)cc(NCCCCO)c1. The van der Waals surface area contributed by atoms with Crippen LogP contribution in [-0.2, 0) is 0 Å². The Hall–Kier alpha value is -1.42. The number of nitrogen functional groups attached to an aromatic ring is 1. The Morgan fingerprint density at radius 1 is 1.29 bits per heavy atom. The molecule has 0 aliphatic rings. The minimum Gasteiger partial charge on any atom is -0.493 e. The zero-order valence-corrected chi connectivity index (χ0v) is 10.4. The number of rotatable bonds is 8. The van der Waals surface area contributed by atoms with Crippen molar-refractivity contribution in [2.45, 2.75) is 26.2 Å². The molecule has 0 unspecified atom stereocenters. The number of anilines is 2. The van der Waals surface area contributed by atoms with Crippen LogP contribution in [0.15, 0.2) is 18.2 Å². The van der Waals surface area contributed by atoms with Crippen LogP contribution >= 0.6 is 0 Å². The standard InChI is InChI=1S/C13H22N2O2/c1-2-7-17-13-9-11(14)8-12(10-13)15-5-3-4-6-16/h8-10,15-16H,2-7,14H2,1H3. The van der Waals surface area contributed by atoms with Crippen LogP contribution in [0, 0.1) is 0 Å². The zero-order chi connectivity index (χ0) is 12.5. The van der Waals surface area contributed by atoms with Gasteiger partial charge in [-0.05, 0) is 25.3 Å². The van der Waals surface area contributed by atoms with Crippen molar-refractivity contribution < 1.29 is 9.84 Å². The molecule has 0 saturated carbocycles. The first-order chi connectivity index (χ1) is 8.26. The molecule has 0 atom stereocenters. The average Bonchev–Trinajstić information content (AvgIpc) is 2.31. The lowest BCUT2D eigenvalue weighted by atomic mass is 10.2. The fourth-order valence-corrected chi connectivity index (χ4v) is 1.50. The number of hydrogen-bond donors (Lipinski definition) is 3. The lowest BCUT2D eigenvalue weighted by Crippen LogP contribution is -2.04. The van der Waals surface area contributed by atoms with E-state index in [1.165, 1.54) is 0 Å². The molecule has 0 radical (unpaired) electrons. The third-order valence-electron chi connectivity index (χ3n) is 2.32. The molecule has 4 nitrogen and oxygen atoms in total. The minimum atomic E-state index is 0.240. The van der Waals surface area contributed by atoms with E-state index >= 15 is 0 Å². The molecule has 1 rings (SSSR count). The van der Waals surface area contributed by atoms with Crippen LogP contribution in [0.4, 0.5) is 11.4 Å². The Kier molecular flexibility index (Phi) is 6.25. The summed E-state index contributed by atoms with van der Waals surface area (Å²) < 4.78 is 5.54. The van der Waals surface area contributed by atoms with E-state index in [2.05, 4.69) is 12.2 Å². The molecule has 0 aliphatic carbocycles. The average molecular weight is 238 g/mol. The van der Waals surface area contributed by atoms with Crippen LogP contribution in [0.5, 0.6) is 5.75 Å². The summed E-state index contributed by atoms with van der Waals surface area (Å²) in [6.45, 7) is 3.84. The molecule has 0 saturated heterocycles. The molecule has 1 aromatic rings. The molecule has 0 spiro atoms. The van der Waals surface area contributed by atoms with Crippen LogP contribution in [0.2, 0.25) is 0 Å². The minimum absolute atomic E-state index is 0.240. The first-order valence-electron chi connectivity index (χ1n) is 6.14. The van der Waals surface area contributed by atoms with E-state index in [4.69, 9.17) is 15.6 Å². The van der Waals surface area contributed by atoms with Crippen LogP contribution in [0.25, 0.3) is 0 Å². The van der Waals surface area contributed by atoms with Crippen molar-refractivity contribution >= 4 is 11.4 Å². The number of ether oxygens (including phenoxy) is 1. The topological polar surface area (TPSA) is 67.5 Å². The number of nitrogens with one attached hydrogen (secondary N) is 1. The highest BCUT2D eigenvalue weighted by Crippen LogP contribution is 2.22. The van der Waals surface area contributed by atoms with Crippen LogP contribution in [0.3, 0.4) is 0 Å². The monoisotopic (exact) mass is 238 g/mol. The predicted molar refractivity (Wildman–Crippen MR) is 71.4 cm³/mol. The lowest BCUT2D eigenvalue weighted by Gasteiger charge is -2.10. The summed E-state index contributed by atoms with van der Waals surface area (Å²) in [5.41, 5.74) is 7.47. The second-order valence-electron chi connectivity index (χ2n) is 4.00. The Bertz CT molecular complexity index is 329. The molecule has 0 heterocycles. The number of unbranched alkanes of at least 4 members (excludes halogenated alkanes) is 1. The largest absolute Gasteiger partial charge is 0.493 e. The van der Waals surface area contributed by atoms with Gasteiger partial charge in [0.1, 0.15) is 5.75 Å². The normalized spacial score (nSPS) is 10.2. The summed E-state index contributed by atoms with van der Waals surface area (Å²) in [4.78, 5) is 0. The van der Waals surface area contributed by atoms with Gasteiger partial charge in [0.2, 0.25) is 0 Å². The number of benzene rings is 1. The van der Waals surface area contributed by atoms with Gasteiger partial charge in [0.15, 0.2) is 0 Å². The Morgan fingerprint density at radius 3 is 2.82 bits per heavy atom. The Balaban J connectivity index is 2.50. The molecule has 17 heavy (non-hydrogen) atoms. The molecule has 0 amide bonds. The van der Waals surface area contributed by atoms with Gasteiger partial charge >= 0.3 is 0 Å². The molecule has 0 aliphatic heterocycles. The van der Waals surface area contributed by atoms with Gasteiger partial charge in [-0.25, -0.2) is 0 Å². The summed E-state index contributed by atoms with van der Waals surface area (Å²) in [5, 5.41) is 11.9. The summed E-state index contributed by atoms with van der Waals surface area (Å²) in [7, 11) is 0. The predicted octanol–water partition coefficient (Wildman–Crippen LogP) is 2.24. The van der Waals surface area contributed by atoms with E-state index in [-0.39, 0.29) is 6.61 Å². The molecule has 1 aromatic carbocycles. The van der Waals surface area contributed by atoms with Gasteiger partial charge in [0.05, 0.1) is 6.61 Å². The van der Waals surface area contributed by atoms with E-state index in [0.717, 1.165) is 37.2 Å². The smallest absolute Gasteiger partial charge is 0.123 e. The first-order valence-corrected chi connectivity index (χ1v) is 6.14. The Labute approximate surface area is 103 Å². The molecular formula is C13H22N2O2. The fraction of sp³-hybridized carbons (Fsp3) is 0.538. The number of aliphatic hydroxyl groups excluding tert-OH is 1. The molecular weight excluding hydrogens is 216 g/mol. The van der Waals surface area contributed by atoms with Crippen molar-refractivity contribution in [3.05, 3.63) is 18.2 Å². The van der Waals surface area contributed by atoms with Crippen LogP contribution in [0.1, 0.15) is 26.2 Å². The van der Waals surface area contributed by atoms with E-state index in [9.17, 15) is 0 Å². The van der Waals surface area contributed by atoms with Gasteiger partial charge in [0, 0.05) is 36.7 Å². The summed E-state index contributed by atoms with van der Waals surface area (Å²) in [6.07, 6.45) is 2.74. The van der Waals surface area contributed by atoms with E-state index in [1.807, 2.05) is 18.2 Å². The summed E-state index contributed by atoms with van der Waals surface area (Å²) in [6, 6.07) is 5.66. The van der Waals surface area contributed by atoms with Crippen molar-refractivity contribution in [1.29, 1.82) is 0 Å². The zero-order valence-electron chi connectivity index (χ0n) is 10.4. The first kappa shape index (κ1) is 13.6. The molecule has 0 bridgehead atoms. The van der Waals surface area contributed by atoms with E-state index in [0.29, 0.717) is 12.3 Å². The quantitative estimate of drug-likeness (QED) is 0.480. The van der Waals surface area contributed by atoms with Gasteiger partial charge in [-0.2, -0.15) is 0 Å². The van der Waals surface area contributed by atoms with Gasteiger partial charge in [-0.15, -0.1) is 0 Å². The summed E-state index contributed by atoms with van der Waals surface area (Å²) >= 11 is 0. The van der Waals surface area contributed by atoms with Crippen LogP contribution in [-0.4, -0.2) is 24.9 Å². The highest BCUT2D eigenvalue weighted by molar-refractivity contribution is 5.59. The Morgan fingerprint density at radius 2 is 2.12 bits per heavy atom. The second-order valence-corrected chi connectivity index (χ2v) is 4.00. The van der Waals surface area contributed by atoms with Crippen molar-refractivity contribution in [2.24, 2.45) is 0 Å². The van der Waals surface area contributed by atoms with Crippen molar-refractivity contribution in [2.75, 3.05) is 30.8 Å². The highest BCUT2D eigenvalue weighted by atomic mass is 16.5. The fourth-order valence-electron chi connectivity index (χ4n) is 1.50. The van der Waals surface area contributed by atoms with Crippen molar-refractivity contribution in [3.8, 4) is 5.75 Å². The maximum atomic E-state index is 8.68. The number of nitrogens with two attached hydrogens (primary N) is 1. The second kappa shape index (κ2) is 7.79. The lowest BCUT2D eigenvalue weighted by molar-refractivity contribution is 0.286. The number of aliphatic hydroxyl groups is 1. The van der Waals surface area contributed by atoms with Gasteiger partial charge in [-0.3, -0.25) is 0 Å². The third-order valence-corrected chi connectivity index (χ3v) is 2.32. The third kappa shape index (κ3) is 5.45. The van der Waals surface area contributed by atoms with Gasteiger partial charge < -0.3 is 20.9 Å².